The highest BCUT2D eigenvalue weighted by Gasteiger charge is 2.34. The van der Waals surface area contributed by atoms with E-state index in [0.29, 0.717) is 10.8 Å². The van der Waals surface area contributed by atoms with Gasteiger partial charge in [0.1, 0.15) is 12.0 Å². The molecular weight excluding hydrogens is 337 g/mol. The van der Waals surface area contributed by atoms with Gasteiger partial charge in [0.2, 0.25) is 0 Å². The van der Waals surface area contributed by atoms with Crippen LogP contribution in [-0.2, 0) is 4.74 Å². The van der Waals surface area contributed by atoms with Gasteiger partial charge in [0.15, 0.2) is 0 Å². The molecule has 1 aromatic rings. The molecule has 1 saturated heterocycles. The first-order chi connectivity index (χ1) is 8.02. The molecule has 3 N–H and O–H groups in total. The number of aliphatic hydroxyl groups is 1. The van der Waals surface area contributed by atoms with Gasteiger partial charge in [0, 0.05) is 22.6 Å². The zero-order valence-electron chi connectivity index (χ0n) is 9.34. The first-order valence-electron chi connectivity index (χ1n) is 5.27. The van der Waals surface area contributed by atoms with Crippen molar-refractivity contribution in [2.24, 2.45) is 0 Å². The van der Waals surface area contributed by atoms with Crippen LogP contribution in [0.1, 0.15) is 18.2 Å². The van der Waals surface area contributed by atoms with E-state index in [1.807, 2.05) is 0 Å². The predicted molar refractivity (Wildman–Crippen MR) is 71.1 cm³/mol. The normalized spacial score (nSPS) is 28.5. The monoisotopic (exact) mass is 351 g/mol. The van der Waals surface area contributed by atoms with Crippen molar-refractivity contribution in [3.63, 3.8) is 0 Å². The average Bonchev–Trinajstić information content (AvgIpc) is 2.65. The molecule has 0 amide bonds. The molecule has 2 rings (SSSR count). The number of nitrogen functional groups attached to an aromatic ring is 1. The molecule has 0 aliphatic carbocycles. The average molecular weight is 351 g/mol. The van der Waals surface area contributed by atoms with Crippen LogP contribution in [0.3, 0.4) is 0 Å². The number of halogens is 1. The highest BCUT2D eigenvalue weighted by atomic mass is 127. The lowest BCUT2D eigenvalue weighted by atomic mass is 10.2. The number of aromatic nitrogens is 2. The van der Waals surface area contributed by atoms with Gasteiger partial charge in [-0.1, -0.05) is 22.6 Å². The van der Waals surface area contributed by atoms with E-state index >= 15 is 0 Å². The summed E-state index contributed by atoms with van der Waals surface area (Å²) in [6.07, 6.45) is 0.798. The molecule has 0 aromatic carbocycles. The Morgan fingerprint density at radius 1 is 1.76 bits per heavy atom. The number of hydrogen-bond acceptors (Lipinski definition) is 5. The standard InChI is InChI=1S/C10H14IN3O3/c1-5-4-14(10(16)13-9(5)12)8-2-6(15)7(3-11)17-8/h4,6-8,15H,2-3H2,1H3,(H2,12,13,16)/t6-,7+,8-/m0/s1. The number of anilines is 1. The van der Waals surface area contributed by atoms with E-state index in [4.69, 9.17) is 10.5 Å². The molecule has 2 heterocycles. The quantitative estimate of drug-likeness (QED) is 0.588. The second-order valence-electron chi connectivity index (χ2n) is 4.09. The van der Waals surface area contributed by atoms with Crippen LogP contribution in [0.5, 0.6) is 0 Å². The maximum Gasteiger partial charge on any atom is 0.351 e. The number of nitrogens with zero attached hydrogens (tertiary/aromatic N) is 2. The van der Waals surface area contributed by atoms with E-state index in [-0.39, 0.29) is 11.9 Å². The molecule has 0 unspecified atom stereocenters. The van der Waals surface area contributed by atoms with Gasteiger partial charge in [-0.2, -0.15) is 4.98 Å². The molecule has 0 bridgehead atoms. The van der Waals surface area contributed by atoms with Crippen molar-refractivity contribution in [1.29, 1.82) is 0 Å². The van der Waals surface area contributed by atoms with Crippen LogP contribution in [0.25, 0.3) is 0 Å². The van der Waals surface area contributed by atoms with Crippen molar-refractivity contribution in [1.82, 2.24) is 9.55 Å². The highest BCUT2D eigenvalue weighted by molar-refractivity contribution is 14.1. The van der Waals surface area contributed by atoms with Gasteiger partial charge in [-0.25, -0.2) is 4.79 Å². The molecule has 0 radical (unpaired) electrons. The molecule has 1 aliphatic rings. The van der Waals surface area contributed by atoms with Crippen molar-refractivity contribution in [3.05, 3.63) is 22.2 Å². The van der Waals surface area contributed by atoms with E-state index in [1.165, 1.54) is 4.57 Å². The second-order valence-corrected chi connectivity index (χ2v) is 4.97. The Hall–Kier alpha value is -0.670. The molecule has 6 nitrogen and oxygen atoms in total. The van der Waals surface area contributed by atoms with Gasteiger partial charge < -0.3 is 15.6 Å². The molecule has 7 heteroatoms. The Morgan fingerprint density at radius 2 is 2.47 bits per heavy atom. The van der Waals surface area contributed by atoms with E-state index in [2.05, 4.69) is 27.6 Å². The number of hydrogen-bond donors (Lipinski definition) is 2. The lowest BCUT2D eigenvalue weighted by Crippen LogP contribution is -2.28. The van der Waals surface area contributed by atoms with Crippen LogP contribution in [0.2, 0.25) is 0 Å². The molecule has 1 aromatic heterocycles. The first kappa shape index (κ1) is 12.8. The zero-order chi connectivity index (χ0) is 12.6. The minimum absolute atomic E-state index is 0.231. The number of rotatable bonds is 2. The fraction of sp³-hybridized carbons (Fsp3) is 0.600. The maximum atomic E-state index is 11.7. The third-order valence-electron chi connectivity index (χ3n) is 2.84. The molecule has 17 heavy (non-hydrogen) atoms. The van der Waals surface area contributed by atoms with Crippen LogP contribution >= 0.6 is 22.6 Å². The fourth-order valence-electron chi connectivity index (χ4n) is 1.81. The lowest BCUT2D eigenvalue weighted by molar-refractivity contribution is -0.00607. The largest absolute Gasteiger partial charge is 0.390 e. The van der Waals surface area contributed by atoms with Crippen molar-refractivity contribution in [3.8, 4) is 0 Å². The molecule has 3 atom stereocenters. The molecule has 94 valence electrons. The van der Waals surface area contributed by atoms with E-state index in [0.717, 1.165) is 5.56 Å². The smallest absolute Gasteiger partial charge is 0.351 e. The summed E-state index contributed by atoms with van der Waals surface area (Å²) in [6, 6.07) is 0. The lowest BCUT2D eigenvalue weighted by Gasteiger charge is -2.15. The molecular formula is C10H14IN3O3. The molecule has 0 spiro atoms. The van der Waals surface area contributed by atoms with Crippen LogP contribution in [0.4, 0.5) is 5.82 Å². The number of aliphatic hydroxyl groups excluding tert-OH is 1. The van der Waals surface area contributed by atoms with Crippen LogP contribution in [0.15, 0.2) is 11.0 Å². The predicted octanol–water partition coefficient (Wildman–Crippen LogP) is 0.217. The van der Waals surface area contributed by atoms with E-state index in [9.17, 15) is 9.90 Å². The Labute approximate surface area is 112 Å². The van der Waals surface area contributed by atoms with Crippen LogP contribution in [-0.4, -0.2) is 31.3 Å². The Kier molecular flexibility index (Phi) is 3.69. The summed E-state index contributed by atoms with van der Waals surface area (Å²) in [5.74, 6) is 0.232. The number of alkyl halides is 1. The van der Waals surface area contributed by atoms with Gasteiger partial charge in [-0.15, -0.1) is 0 Å². The topological polar surface area (TPSA) is 90.4 Å². The van der Waals surface area contributed by atoms with Gasteiger partial charge in [0.25, 0.3) is 0 Å². The molecule has 1 aliphatic heterocycles. The van der Waals surface area contributed by atoms with Gasteiger partial charge in [0.05, 0.1) is 12.2 Å². The van der Waals surface area contributed by atoms with Crippen molar-refractivity contribution in [2.45, 2.75) is 31.8 Å². The first-order valence-corrected chi connectivity index (χ1v) is 6.80. The summed E-state index contributed by atoms with van der Waals surface area (Å²) in [5.41, 5.74) is 5.83. The van der Waals surface area contributed by atoms with E-state index in [1.54, 1.807) is 13.1 Å². The molecule has 0 saturated carbocycles. The minimum Gasteiger partial charge on any atom is -0.390 e. The second kappa shape index (κ2) is 4.91. The van der Waals surface area contributed by atoms with Crippen molar-refractivity contribution < 1.29 is 9.84 Å². The number of ether oxygens (including phenoxy) is 1. The maximum absolute atomic E-state index is 11.7. The fourth-order valence-corrected chi connectivity index (χ4v) is 2.60. The Balaban J connectivity index is 2.30. The summed E-state index contributed by atoms with van der Waals surface area (Å²) in [4.78, 5) is 15.4. The Bertz CT molecular complexity index is 476. The SMILES string of the molecule is Cc1cn([C@@H]2C[C@H](O)[C@@H](CI)O2)c(=O)nc1N. The Morgan fingerprint density at radius 3 is 3.06 bits per heavy atom. The summed E-state index contributed by atoms with van der Waals surface area (Å²) >= 11 is 2.15. The van der Waals surface area contributed by atoms with Crippen LogP contribution < -0.4 is 11.4 Å². The van der Waals surface area contributed by atoms with Crippen LogP contribution in [0, 0.1) is 6.92 Å². The third-order valence-corrected chi connectivity index (χ3v) is 3.71. The van der Waals surface area contributed by atoms with Gasteiger partial charge in [-0.05, 0) is 6.92 Å². The van der Waals surface area contributed by atoms with Crippen molar-refractivity contribution in [2.75, 3.05) is 10.2 Å². The summed E-state index contributed by atoms with van der Waals surface area (Å²) in [7, 11) is 0. The van der Waals surface area contributed by atoms with E-state index < -0.39 is 18.0 Å². The number of nitrogens with two attached hydrogens (primary N) is 1. The minimum atomic E-state index is -0.540. The zero-order valence-corrected chi connectivity index (χ0v) is 11.5. The summed E-state index contributed by atoms with van der Waals surface area (Å²) in [5, 5.41) is 9.75. The van der Waals surface area contributed by atoms with Gasteiger partial charge in [-0.3, -0.25) is 4.57 Å². The summed E-state index contributed by atoms with van der Waals surface area (Å²) in [6.45, 7) is 1.78. The molecule has 1 fully saturated rings. The summed E-state index contributed by atoms with van der Waals surface area (Å²) < 4.78 is 7.69. The van der Waals surface area contributed by atoms with Gasteiger partial charge >= 0.3 is 5.69 Å². The third kappa shape index (κ3) is 2.45. The highest BCUT2D eigenvalue weighted by Crippen LogP contribution is 2.28. The van der Waals surface area contributed by atoms with Crippen molar-refractivity contribution >= 4 is 28.4 Å². The number of aryl methyl sites for hydroxylation is 1.